The number of benzene rings is 1. The minimum Gasteiger partial charge on any atom is -0.303 e. The molecule has 170 valence electrons. The van der Waals surface area contributed by atoms with E-state index < -0.39 is 0 Å². The van der Waals surface area contributed by atoms with Crippen molar-refractivity contribution in [3.05, 3.63) is 51.8 Å². The highest BCUT2D eigenvalue weighted by Gasteiger charge is 2.25. The lowest BCUT2D eigenvalue weighted by Gasteiger charge is -2.27. The molecule has 4 heteroatoms. The maximum absolute atomic E-state index is 4.92. The maximum Gasteiger partial charge on any atom is 0.160 e. The molecule has 31 heavy (non-hydrogen) atoms. The van der Waals surface area contributed by atoms with Crippen molar-refractivity contribution in [3.8, 4) is 0 Å². The van der Waals surface area contributed by atoms with E-state index in [0.29, 0.717) is 17.9 Å². The Labute approximate surface area is 189 Å². The molecule has 0 bridgehead atoms. The number of anilines is 1. The molecule has 0 saturated carbocycles. The van der Waals surface area contributed by atoms with Gasteiger partial charge in [-0.25, -0.2) is 9.97 Å². The summed E-state index contributed by atoms with van der Waals surface area (Å²) in [6.45, 7) is 19.6. The van der Waals surface area contributed by atoms with Crippen LogP contribution in [0.15, 0.2) is 24.3 Å². The van der Waals surface area contributed by atoms with Crippen molar-refractivity contribution in [1.82, 2.24) is 15.4 Å². The van der Waals surface area contributed by atoms with E-state index in [1.165, 1.54) is 11.1 Å². The van der Waals surface area contributed by atoms with Gasteiger partial charge < -0.3 is 5.43 Å². The molecule has 1 N–H and O–H groups in total. The molecular weight excluding hydrogens is 380 g/mol. The summed E-state index contributed by atoms with van der Waals surface area (Å²) in [6.07, 6.45) is 7.63. The summed E-state index contributed by atoms with van der Waals surface area (Å²) >= 11 is 0. The molecule has 0 saturated heterocycles. The van der Waals surface area contributed by atoms with Crippen molar-refractivity contribution in [2.24, 2.45) is 5.92 Å². The number of aryl methyl sites for hydroxylation is 2. The first-order chi connectivity index (χ1) is 14.9. The van der Waals surface area contributed by atoms with Crippen LogP contribution in [0.25, 0.3) is 12.8 Å². The summed E-state index contributed by atoms with van der Waals surface area (Å²) in [5.74, 6) is 2.94. The van der Waals surface area contributed by atoms with Gasteiger partial charge in [-0.2, -0.15) is 0 Å². The predicted octanol–water partition coefficient (Wildman–Crippen LogP) is 5.24. The second kappa shape index (κ2) is 11.9. The van der Waals surface area contributed by atoms with E-state index in [0.717, 1.165) is 54.3 Å². The number of aromatic nitrogens is 2. The lowest BCUT2D eigenvalue weighted by molar-refractivity contribution is 0.416. The van der Waals surface area contributed by atoms with Gasteiger partial charge in [0.1, 0.15) is 5.82 Å². The first kappa shape index (κ1) is 24.9. The third kappa shape index (κ3) is 6.32. The first-order valence-corrected chi connectivity index (χ1v) is 12.0. The van der Waals surface area contributed by atoms with Crippen LogP contribution in [0, 0.1) is 12.8 Å². The van der Waals surface area contributed by atoms with Gasteiger partial charge in [-0.05, 0) is 44.6 Å². The first-order valence-electron chi connectivity index (χ1n) is 12.0. The molecule has 1 aromatic carbocycles. The molecule has 0 amide bonds. The van der Waals surface area contributed by atoms with Crippen LogP contribution in [-0.4, -0.2) is 16.0 Å². The molecule has 1 aliphatic heterocycles. The van der Waals surface area contributed by atoms with Gasteiger partial charge in [-0.3, -0.25) is 5.01 Å². The Hall–Kier alpha value is -2.36. The highest BCUT2D eigenvalue weighted by molar-refractivity contribution is 5.52. The number of rotatable bonds is 8. The zero-order chi connectivity index (χ0) is 23.0. The van der Waals surface area contributed by atoms with Gasteiger partial charge in [-0.1, -0.05) is 83.9 Å². The maximum atomic E-state index is 4.92. The second-order valence-corrected chi connectivity index (χ2v) is 8.79. The fourth-order valence-electron chi connectivity index (χ4n) is 4.04. The van der Waals surface area contributed by atoms with Gasteiger partial charge in [0.05, 0.1) is 10.6 Å². The van der Waals surface area contributed by atoms with Crippen LogP contribution in [0.5, 0.6) is 0 Å². The monoisotopic (exact) mass is 422 g/mol. The topological polar surface area (TPSA) is 41.1 Å². The van der Waals surface area contributed by atoms with Crippen LogP contribution in [0.4, 0.5) is 5.82 Å². The molecule has 0 spiro atoms. The highest BCUT2D eigenvalue weighted by atomic mass is 15.5. The third-order valence-corrected chi connectivity index (χ3v) is 6.38. The van der Waals surface area contributed by atoms with Crippen LogP contribution in [0.3, 0.4) is 0 Å². The third-order valence-electron chi connectivity index (χ3n) is 6.38. The SMILES string of the molecule is C=c1nc([C@H](CC)C(C)CC)nc2c1=CNN2C(C)CCC.CCc1ccc(C)cc1. The Morgan fingerprint density at radius 3 is 2.23 bits per heavy atom. The summed E-state index contributed by atoms with van der Waals surface area (Å²) in [6, 6.07) is 9.07. The Morgan fingerprint density at radius 1 is 1.00 bits per heavy atom. The van der Waals surface area contributed by atoms with Crippen molar-refractivity contribution in [2.75, 3.05) is 5.01 Å². The van der Waals surface area contributed by atoms with E-state index in [1.807, 2.05) is 6.20 Å². The Balaban J connectivity index is 0.000000316. The smallest absolute Gasteiger partial charge is 0.160 e. The number of nitrogens with zero attached hydrogens (tertiary/aromatic N) is 3. The van der Waals surface area contributed by atoms with Crippen molar-refractivity contribution in [1.29, 1.82) is 0 Å². The quantitative estimate of drug-likeness (QED) is 0.632. The minimum absolute atomic E-state index is 0.403. The summed E-state index contributed by atoms with van der Waals surface area (Å²) in [4.78, 5) is 9.62. The van der Waals surface area contributed by atoms with Gasteiger partial charge in [0.25, 0.3) is 0 Å². The van der Waals surface area contributed by atoms with E-state index in [2.05, 4.69) is 89.7 Å². The van der Waals surface area contributed by atoms with E-state index in [-0.39, 0.29) is 0 Å². The number of hydrogen-bond donors (Lipinski definition) is 1. The van der Waals surface area contributed by atoms with Gasteiger partial charge >= 0.3 is 0 Å². The predicted molar refractivity (Wildman–Crippen MR) is 134 cm³/mol. The average molecular weight is 423 g/mol. The van der Waals surface area contributed by atoms with Crippen LogP contribution in [-0.2, 0) is 6.42 Å². The van der Waals surface area contributed by atoms with Crippen LogP contribution in [0.1, 0.15) is 90.1 Å². The molecule has 2 heterocycles. The summed E-state index contributed by atoms with van der Waals surface area (Å²) in [7, 11) is 0. The van der Waals surface area contributed by atoms with Crippen molar-refractivity contribution in [3.63, 3.8) is 0 Å². The molecule has 1 aromatic heterocycles. The zero-order valence-corrected chi connectivity index (χ0v) is 20.7. The van der Waals surface area contributed by atoms with E-state index >= 15 is 0 Å². The Kier molecular flexibility index (Phi) is 9.54. The normalized spacial score (nSPS) is 15.1. The number of nitrogens with one attached hydrogen (secondary N) is 1. The van der Waals surface area contributed by atoms with Crippen LogP contribution in [0.2, 0.25) is 0 Å². The van der Waals surface area contributed by atoms with Crippen molar-refractivity contribution >= 4 is 18.6 Å². The average Bonchev–Trinajstić information content (AvgIpc) is 3.20. The van der Waals surface area contributed by atoms with Gasteiger partial charge in [0.2, 0.25) is 0 Å². The fraction of sp³-hybridized carbons (Fsp3) is 0.556. The molecular formula is C27H42N4. The standard InChI is InChI=1S/C18H30N4.C9H12/c1-7-10-13(5)22-18-16(11-19-22)14(6)20-17(21-18)15(9-3)12(4)8-2;1-3-9-6-4-8(2)5-7-9/h11-13,15,19H,6-10H2,1-5H3;4-7H,3H2,1-2H3/t12?,13?,15-;/m1./s1. The highest BCUT2D eigenvalue weighted by Crippen LogP contribution is 2.27. The van der Waals surface area contributed by atoms with Crippen molar-refractivity contribution < 1.29 is 0 Å². The molecule has 0 aliphatic carbocycles. The van der Waals surface area contributed by atoms with Crippen LogP contribution < -0.4 is 21.0 Å². The van der Waals surface area contributed by atoms with E-state index in [9.17, 15) is 0 Å². The van der Waals surface area contributed by atoms with E-state index in [4.69, 9.17) is 9.97 Å². The molecule has 0 fully saturated rings. The van der Waals surface area contributed by atoms with Gasteiger partial charge in [-0.15, -0.1) is 0 Å². The zero-order valence-electron chi connectivity index (χ0n) is 20.7. The molecule has 2 aromatic rings. The summed E-state index contributed by atoms with van der Waals surface area (Å²) < 4.78 is 0. The largest absolute Gasteiger partial charge is 0.303 e. The second-order valence-electron chi connectivity index (χ2n) is 8.79. The Morgan fingerprint density at radius 2 is 1.68 bits per heavy atom. The number of hydrogen-bond acceptors (Lipinski definition) is 4. The lowest BCUT2D eigenvalue weighted by Crippen LogP contribution is -2.41. The molecule has 3 rings (SSSR count). The fourth-order valence-corrected chi connectivity index (χ4v) is 4.04. The van der Waals surface area contributed by atoms with Gasteiger partial charge in [0, 0.05) is 18.2 Å². The van der Waals surface area contributed by atoms with Crippen molar-refractivity contribution in [2.45, 2.75) is 92.5 Å². The summed E-state index contributed by atoms with van der Waals surface area (Å²) in [5.41, 5.74) is 6.10. The molecule has 2 unspecified atom stereocenters. The van der Waals surface area contributed by atoms with Crippen LogP contribution >= 0.6 is 0 Å². The lowest BCUT2D eigenvalue weighted by atomic mass is 9.89. The molecule has 3 atom stereocenters. The number of fused-ring (bicyclic) bond motifs is 1. The molecule has 0 radical (unpaired) electrons. The summed E-state index contributed by atoms with van der Waals surface area (Å²) in [5, 5.41) is 4.04. The van der Waals surface area contributed by atoms with E-state index in [1.54, 1.807) is 0 Å². The Bertz CT molecular complexity index is 919. The van der Waals surface area contributed by atoms with Gasteiger partial charge in [0.15, 0.2) is 5.82 Å². The molecule has 1 aliphatic rings. The minimum atomic E-state index is 0.403. The number of hydrazine groups is 1. The molecule has 4 nitrogen and oxygen atoms in total.